The maximum Gasteiger partial charge on any atom is 0.134 e. The zero-order valence-corrected chi connectivity index (χ0v) is 13.9. The Kier molecular flexibility index (Phi) is 5.24. The lowest BCUT2D eigenvalue weighted by molar-refractivity contribution is 0.570. The average molecular weight is 322 g/mol. The molecule has 2 aromatic rings. The molecule has 6 nitrogen and oxygen atoms in total. The van der Waals surface area contributed by atoms with Crippen LogP contribution in [0.3, 0.4) is 0 Å². The van der Waals surface area contributed by atoms with Crippen molar-refractivity contribution in [2.45, 2.75) is 25.4 Å². The molecule has 0 saturated carbocycles. The van der Waals surface area contributed by atoms with E-state index in [2.05, 4.69) is 31.6 Å². The van der Waals surface area contributed by atoms with Crippen LogP contribution in [0.1, 0.15) is 24.0 Å². The van der Waals surface area contributed by atoms with Crippen molar-refractivity contribution in [1.29, 1.82) is 5.26 Å². The molecule has 1 aliphatic rings. The van der Waals surface area contributed by atoms with Gasteiger partial charge in [0.1, 0.15) is 18.0 Å². The number of nitriles is 1. The molecule has 3 rings (SSSR count). The maximum absolute atomic E-state index is 8.97. The quantitative estimate of drug-likeness (QED) is 0.848. The molecule has 2 N–H and O–H groups in total. The molecule has 0 radical (unpaired) electrons. The second kappa shape index (κ2) is 7.75. The number of rotatable bonds is 6. The van der Waals surface area contributed by atoms with Crippen molar-refractivity contribution < 1.29 is 0 Å². The topological polar surface area (TPSA) is 76.9 Å². The zero-order valence-electron chi connectivity index (χ0n) is 13.9. The van der Waals surface area contributed by atoms with Crippen molar-refractivity contribution in [3.05, 3.63) is 47.8 Å². The van der Waals surface area contributed by atoms with Gasteiger partial charge in [-0.15, -0.1) is 0 Å². The van der Waals surface area contributed by atoms with Gasteiger partial charge in [-0.05, 0) is 30.5 Å². The van der Waals surface area contributed by atoms with E-state index in [1.54, 1.807) is 6.33 Å². The lowest BCUT2D eigenvalue weighted by Gasteiger charge is -2.26. The van der Waals surface area contributed by atoms with Crippen molar-refractivity contribution >= 4 is 11.6 Å². The Hall–Kier alpha value is -2.65. The van der Waals surface area contributed by atoms with E-state index in [0.29, 0.717) is 11.6 Å². The molecule has 0 aliphatic carbocycles. The van der Waals surface area contributed by atoms with Crippen LogP contribution >= 0.6 is 0 Å². The predicted octanol–water partition coefficient (Wildman–Crippen LogP) is 2.15. The number of nitrogens with zero attached hydrogens (tertiary/aromatic N) is 4. The molecule has 1 aromatic carbocycles. The van der Waals surface area contributed by atoms with Crippen LogP contribution in [0.15, 0.2) is 36.7 Å². The van der Waals surface area contributed by atoms with Gasteiger partial charge < -0.3 is 15.5 Å². The summed E-state index contributed by atoms with van der Waals surface area (Å²) >= 11 is 0. The molecule has 1 aromatic heterocycles. The molecule has 1 saturated heterocycles. The maximum atomic E-state index is 8.97. The normalized spacial score (nSPS) is 16.8. The van der Waals surface area contributed by atoms with Gasteiger partial charge in [0.05, 0.1) is 11.6 Å². The summed E-state index contributed by atoms with van der Waals surface area (Å²) in [6, 6.07) is 12.3. The lowest BCUT2D eigenvalue weighted by Crippen LogP contribution is -2.38. The van der Waals surface area contributed by atoms with Crippen LogP contribution < -0.4 is 15.5 Å². The van der Waals surface area contributed by atoms with Gasteiger partial charge >= 0.3 is 0 Å². The highest BCUT2D eigenvalue weighted by Crippen LogP contribution is 2.24. The Morgan fingerprint density at radius 2 is 2.25 bits per heavy atom. The minimum Gasteiger partial charge on any atom is -0.373 e. The lowest BCUT2D eigenvalue weighted by atomic mass is 10.1. The largest absolute Gasteiger partial charge is 0.373 e. The van der Waals surface area contributed by atoms with E-state index in [9.17, 15) is 0 Å². The highest BCUT2D eigenvalue weighted by Gasteiger charge is 2.25. The number of hydrogen-bond acceptors (Lipinski definition) is 6. The summed E-state index contributed by atoms with van der Waals surface area (Å²) < 4.78 is 0. The molecule has 1 atom stereocenters. The van der Waals surface area contributed by atoms with Crippen LogP contribution in [0.5, 0.6) is 0 Å². The fourth-order valence-corrected chi connectivity index (χ4v) is 3.12. The van der Waals surface area contributed by atoms with Gasteiger partial charge in [0.2, 0.25) is 0 Å². The first kappa shape index (κ1) is 16.2. The number of benzene rings is 1. The Morgan fingerprint density at radius 3 is 3.08 bits per heavy atom. The van der Waals surface area contributed by atoms with Gasteiger partial charge in [-0.2, -0.15) is 5.26 Å². The van der Waals surface area contributed by atoms with E-state index < -0.39 is 0 Å². The Bertz CT molecular complexity index is 723. The van der Waals surface area contributed by atoms with Gasteiger partial charge in [-0.1, -0.05) is 12.1 Å². The van der Waals surface area contributed by atoms with Crippen LogP contribution in [-0.4, -0.2) is 36.1 Å². The molecule has 2 heterocycles. The monoisotopic (exact) mass is 322 g/mol. The van der Waals surface area contributed by atoms with Gasteiger partial charge in [0.25, 0.3) is 0 Å². The number of hydrogen-bond donors (Lipinski definition) is 2. The van der Waals surface area contributed by atoms with Crippen molar-refractivity contribution in [2.24, 2.45) is 0 Å². The van der Waals surface area contributed by atoms with Crippen LogP contribution in [0.2, 0.25) is 0 Å². The van der Waals surface area contributed by atoms with Crippen LogP contribution in [-0.2, 0) is 6.54 Å². The van der Waals surface area contributed by atoms with E-state index >= 15 is 0 Å². The zero-order chi connectivity index (χ0) is 16.8. The SMILES string of the molecule is CNc1cc(N2CCC[C@@H]2CNCc2cccc(C#N)c2)ncn1. The Balaban J connectivity index is 1.59. The van der Waals surface area contributed by atoms with Crippen LogP contribution in [0.4, 0.5) is 11.6 Å². The first-order valence-corrected chi connectivity index (χ1v) is 8.26. The molecule has 0 spiro atoms. The molecule has 0 bridgehead atoms. The third-order valence-electron chi connectivity index (χ3n) is 4.35. The minimum absolute atomic E-state index is 0.434. The second-order valence-electron chi connectivity index (χ2n) is 5.94. The van der Waals surface area contributed by atoms with Crippen LogP contribution in [0, 0.1) is 11.3 Å². The summed E-state index contributed by atoms with van der Waals surface area (Å²) in [5.74, 6) is 1.82. The van der Waals surface area contributed by atoms with Crippen molar-refractivity contribution in [2.75, 3.05) is 30.4 Å². The minimum atomic E-state index is 0.434. The summed E-state index contributed by atoms with van der Waals surface area (Å²) in [6.45, 7) is 2.69. The standard InChI is InChI=1S/C18H22N6/c1-20-17-9-18(23-13-22-17)24-7-3-6-16(24)12-21-11-15-5-2-4-14(8-15)10-19/h2,4-5,8-9,13,16,21H,3,6-7,11-12H2,1H3,(H,20,22,23)/t16-/m1/s1. The molecule has 6 heteroatoms. The van der Waals surface area contributed by atoms with Crippen LogP contribution in [0.25, 0.3) is 0 Å². The third-order valence-corrected chi connectivity index (χ3v) is 4.35. The second-order valence-corrected chi connectivity index (χ2v) is 5.94. The van der Waals surface area contributed by atoms with E-state index in [-0.39, 0.29) is 0 Å². The predicted molar refractivity (Wildman–Crippen MR) is 94.8 cm³/mol. The molecule has 124 valence electrons. The summed E-state index contributed by atoms with van der Waals surface area (Å²) in [4.78, 5) is 10.9. The molecule has 0 amide bonds. The Labute approximate surface area is 142 Å². The smallest absolute Gasteiger partial charge is 0.134 e. The molecule has 1 fully saturated rings. The average Bonchev–Trinajstić information content (AvgIpc) is 3.10. The molecule has 24 heavy (non-hydrogen) atoms. The number of aromatic nitrogens is 2. The number of nitrogens with one attached hydrogen (secondary N) is 2. The molecule has 1 aliphatic heterocycles. The van der Waals surface area contributed by atoms with E-state index in [4.69, 9.17) is 5.26 Å². The third kappa shape index (κ3) is 3.81. The first-order valence-electron chi connectivity index (χ1n) is 8.26. The van der Waals surface area contributed by atoms with Gasteiger partial charge in [-0.3, -0.25) is 0 Å². The first-order chi connectivity index (χ1) is 11.8. The highest BCUT2D eigenvalue weighted by atomic mass is 15.2. The van der Waals surface area contributed by atoms with Crippen molar-refractivity contribution in [3.63, 3.8) is 0 Å². The summed E-state index contributed by atoms with van der Waals surface area (Å²) in [5.41, 5.74) is 1.84. The van der Waals surface area contributed by atoms with E-state index in [0.717, 1.165) is 43.3 Å². The fourth-order valence-electron chi connectivity index (χ4n) is 3.12. The van der Waals surface area contributed by atoms with E-state index in [1.165, 1.54) is 6.42 Å². The van der Waals surface area contributed by atoms with Crippen molar-refractivity contribution in [1.82, 2.24) is 15.3 Å². The Morgan fingerprint density at radius 1 is 1.33 bits per heavy atom. The number of anilines is 2. The molecule has 0 unspecified atom stereocenters. The van der Waals surface area contributed by atoms with Crippen molar-refractivity contribution in [3.8, 4) is 6.07 Å². The summed E-state index contributed by atoms with van der Waals surface area (Å²) in [5, 5.41) is 15.5. The van der Waals surface area contributed by atoms with Gasteiger partial charge in [0.15, 0.2) is 0 Å². The molecular weight excluding hydrogens is 300 g/mol. The fraction of sp³-hybridized carbons (Fsp3) is 0.389. The molecular formula is C18H22N6. The van der Waals surface area contributed by atoms with Gasteiger partial charge in [0, 0.05) is 38.8 Å². The summed E-state index contributed by atoms with van der Waals surface area (Å²) in [7, 11) is 1.87. The van der Waals surface area contributed by atoms with E-state index in [1.807, 2.05) is 37.4 Å². The van der Waals surface area contributed by atoms with Gasteiger partial charge in [-0.25, -0.2) is 9.97 Å². The highest BCUT2D eigenvalue weighted by molar-refractivity contribution is 5.49. The summed E-state index contributed by atoms with van der Waals surface area (Å²) in [6.07, 6.45) is 3.94.